The quantitative estimate of drug-likeness (QED) is 0.723. The van der Waals surface area contributed by atoms with Gasteiger partial charge in [-0.05, 0) is 49.1 Å². The molecule has 2 aliphatic rings. The van der Waals surface area contributed by atoms with Gasteiger partial charge in [0.2, 0.25) is 0 Å². The highest BCUT2D eigenvalue weighted by Crippen LogP contribution is 2.26. The Kier molecular flexibility index (Phi) is 5.04. The summed E-state index contributed by atoms with van der Waals surface area (Å²) in [7, 11) is 0. The highest BCUT2D eigenvalue weighted by molar-refractivity contribution is 5.53. The Balaban J connectivity index is 1.35. The molecule has 30 heavy (non-hydrogen) atoms. The number of aromatic nitrogens is 3. The number of nitrogens with one attached hydrogen (secondary N) is 1. The summed E-state index contributed by atoms with van der Waals surface area (Å²) < 4.78 is 14.7. The number of nitrogens with zero attached hydrogens (tertiary/aromatic N) is 4. The molecule has 1 saturated heterocycles. The maximum atomic E-state index is 14.7. The third-order valence-electron chi connectivity index (χ3n) is 5.95. The average Bonchev–Trinajstić information content (AvgIpc) is 3.29. The summed E-state index contributed by atoms with van der Waals surface area (Å²) in [6.45, 7) is 3.81. The van der Waals surface area contributed by atoms with Crippen molar-refractivity contribution in [1.29, 1.82) is 0 Å². The van der Waals surface area contributed by atoms with Gasteiger partial charge in [0, 0.05) is 56.2 Å². The largest absolute Gasteiger partial charge is 0.369 e. The average molecular weight is 405 g/mol. The molecule has 0 spiro atoms. The van der Waals surface area contributed by atoms with E-state index in [4.69, 9.17) is 4.98 Å². The molecule has 0 saturated carbocycles. The smallest absolute Gasteiger partial charge is 0.254 e. The molecule has 4 heterocycles. The molecule has 3 aromatic rings. The third-order valence-corrected chi connectivity index (χ3v) is 5.95. The monoisotopic (exact) mass is 405 g/mol. The van der Waals surface area contributed by atoms with Crippen LogP contribution in [0.5, 0.6) is 0 Å². The van der Waals surface area contributed by atoms with Gasteiger partial charge in [0.15, 0.2) is 0 Å². The number of benzene rings is 1. The lowest BCUT2D eigenvalue weighted by atomic mass is 10.0. The van der Waals surface area contributed by atoms with Crippen molar-refractivity contribution in [2.45, 2.75) is 32.4 Å². The Bertz CT molecular complexity index is 1110. The number of fused-ring (bicyclic) bond motifs is 1. The number of pyridine rings is 1. The van der Waals surface area contributed by atoms with Gasteiger partial charge in [0.25, 0.3) is 5.56 Å². The second kappa shape index (κ2) is 7.99. The van der Waals surface area contributed by atoms with Crippen molar-refractivity contribution in [2.24, 2.45) is 0 Å². The molecule has 5 rings (SSSR count). The van der Waals surface area contributed by atoms with Gasteiger partial charge in [-0.15, -0.1) is 0 Å². The van der Waals surface area contributed by atoms with E-state index in [1.807, 2.05) is 24.3 Å². The van der Waals surface area contributed by atoms with Crippen molar-refractivity contribution >= 4 is 5.69 Å². The molecular formula is C23H24FN5O. The minimum Gasteiger partial charge on any atom is -0.369 e. The van der Waals surface area contributed by atoms with Crippen LogP contribution < -0.4 is 10.5 Å². The van der Waals surface area contributed by atoms with E-state index >= 15 is 0 Å². The van der Waals surface area contributed by atoms with Crippen LogP contribution in [0.3, 0.4) is 0 Å². The van der Waals surface area contributed by atoms with Crippen molar-refractivity contribution in [3.8, 4) is 11.4 Å². The molecule has 2 aliphatic heterocycles. The number of hydrogen-bond acceptors (Lipinski definition) is 5. The van der Waals surface area contributed by atoms with E-state index in [0.29, 0.717) is 31.0 Å². The summed E-state index contributed by atoms with van der Waals surface area (Å²) in [5.41, 5.74) is 3.88. The molecule has 2 aromatic heterocycles. The van der Waals surface area contributed by atoms with Gasteiger partial charge in [-0.3, -0.25) is 14.7 Å². The van der Waals surface area contributed by atoms with Gasteiger partial charge < -0.3 is 9.88 Å². The Morgan fingerprint density at radius 1 is 1.13 bits per heavy atom. The Morgan fingerprint density at radius 2 is 2.00 bits per heavy atom. The predicted octanol–water partition coefficient (Wildman–Crippen LogP) is 3.13. The molecule has 0 amide bonds. The number of anilines is 1. The molecule has 1 N–H and O–H groups in total. The van der Waals surface area contributed by atoms with Crippen LogP contribution in [0.25, 0.3) is 11.4 Å². The van der Waals surface area contributed by atoms with Gasteiger partial charge in [-0.2, -0.15) is 0 Å². The SMILES string of the molecule is O=c1[nH]c(-c2cccnc2)nc2c1CCN(Cc1ccc(N3CCCC3)c(F)c1)C2. The van der Waals surface area contributed by atoms with Gasteiger partial charge in [-0.25, -0.2) is 9.37 Å². The maximum Gasteiger partial charge on any atom is 0.254 e. The Hall–Kier alpha value is -3.06. The van der Waals surface area contributed by atoms with Crippen LogP contribution >= 0.6 is 0 Å². The number of rotatable bonds is 4. The standard InChI is InChI=1S/C23H24FN5O/c24-19-12-16(5-6-21(19)29-9-1-2-10-29)14-28-11-7-18-20(15-28)26-22(27-23(18)30)17-4-3-8-25-13-17/h3-6,8,12-13H,1-2,7,9-11,14-15H2,(H,26,27,30). The van der Waals surface area contributed by atoms with Crippen LogP contribution in [0.2, 0.25) is 0 Å². The fraction of sp³-hybridized carbons (Fsp3) is 0.348. The predicted molar refractivity (Wildman–Crippen MR) is 114 cm³/mol. The Labute approximate surface area is 174 Å². The number of hydrogen-bond donors (Lipinski definition) is 1. The first-order chi connectivity index (χ1) is 14.7. The van der Waals surface area contributed by atoms with Crippen molar-refractivity contribution in [3.63, 3.8) is 0 Å². The fourth-order valence-corrected chi connectivity index (χ4v) is 4.39. The van der Waals surface area contributed by atoms with Crippen LogP contribution in [-0.2, 0) is 19.5 Å². The first kappa shape index (κ1) is 18.9. The van der Waals surface area contributed by atoms with E-state index in [9.17, 15) is 9.18 Å². The lowest BCUT2D eigenvalue weighted by Crippen LogP contribution is -2.35. The summed E-state index contributed by atoms with van der Waals surface area (Å²) in [6, 6.07) is 9.26. The molecule has 0 radical (unpaired) electrons. The molecule has 0 aliphatic carbocycles. The number of halogens is 1. The van der Waals surface area contributed by atoms with Crippen LogP contribution in [0.15, 0.2) is 47.5 Å². The van der Waals surface area contributed by atoms with Crippen LogP contribution in [-0.4, -0.2) is 39.5 Å². The molecule has 1 aromatic carbocycles. The van der Waals surface area contributed by atoms with E-state index in [0.717, 1.165) is 54.9 Å². The number of aromatic amines is 1. The zero-order valence-electron chi connectivity index (χ0n) is 16.8. The highest BCUT2D eigenvalue weighted by Gasteiger charge is 2.22. The van der Waals surface area contributed by atoms with Crippen LogP contribution in [0.4, 0.5) is 10.1 Å². The number of H-pyrrole nitrogens is 1. The fourth-order valence-electron chi connectivity index (χ4n) is 4.39. The second-order valence-electron chi connectivity index (χ2n) is 8.02. The molecular weight excluding hydrogens is 381 g/mol. The summed E-state index contributed by atoms with van der Waals surface area (Å²) in [6.07, 6.45) is 6.27. The topological polar surface area (TPSA) is 65.1 Å². The van der Waals surface area contributed by atoms with Crippen LogP contribution in [0.1, 0.15) is 29.7 Å². The zero-order valence-corrected chi connectivity index (χ0v) is 16.8. The van der Waals surface area contributed by atoms with E-state index < -0.39 is 0 Å². The van der Waals surface area contributed by atoms with Crippen molar-refractivity contribution < 1.29 is 4.39 Å². The lowest BCUT2D eigenvalue weighted by molar-refractivity contribution is 0.240. The van der Waals surface area contributed by atoms with E-state index in [1.54, 1.807) is 18.5 Å². The molecule has 0 atom stereocenters. The van der Waals surface area contributed by atoms with E-state index in [-0.39, 0.29) is 11.4 Å². The first-order valence-electron chi connectivity index (χ1n) is 10.5. The van der Waals surface area contributed by atoms with Crippen molar-refractivity contribution in [1.82, 2.24) is 19.9 Å². The highest BCUT2D eigenvalue weighted by atomic mass is 19.1. The van der Waals surface area contributed by atoms with E-state index in [1.165, 1.54) is 0 Å². The normalized spacial score (nSPS) is 16.6. The van der Waals surface area contributed by atoms with E-state index in [2.05, 4.69) is 19.8 Å². The van der Waals surface area contributed by atoms with Gasteiger partial charge in [0.05, 0.1) is 11.4 Å². The molecule has 0 unspecified atom stereocenters. The zero-order chi connectivity index (χ0) is 20.5. The van der Waals surface area contributed by atoms with Crippen molar-refractivity contribution in [3.05, 3.63) is 75.7 Å². The van der Waals surface area contributed by atoms with Gasteiger partial charge in [-0.1, -0.05) is 6.07 Å². The Morgan fingerprint density at radius 3 is 2.77 bits per heavy atom. The van der Waals surface area contributed by atoms with Crippen LogP contribution in [0, 0.1) is 5.82 Å². The third kappa shape index (κ3) is 3.73. The molecule has 7 heteroatoms. The van der Waals surface area contributed by atoms with Gasteiger partial charge in [0.1, 0.15) is 11.6 Å². The summed E-state index contributed by atoms with van der Waals surface area (Å²) in [4.78, 5) is 28.6. The molecule has 6 nitrogen and oxygen atoms in total. The van der Waals surface area contributed by atoms with Gasteiger partial charge >= 0.3 is 0 Å². The molecule has 1 fully saturated rings. The molecule has 154 valence electrons. The summed E-state index contributed by atoms with van der Waals surface area (Å²) in [5, 5.41) is 0. The van der Waals surface area contributed by atoms with Crippen molar-refractivity contribution in [2.75, 3.05) is 24.5 Å². The lowest BCUT2D eigenvalue weighted by Gasteiger charge is -2.28. The molecule has 0 bridgehead atoms. The minimum atomic E-state index is -0.153. The summed E-state index contributed by atoms with van der Waals surface area (Å²) >= 11 is 0. The minimum absolute atomic E-state index is 0.0838. The summed E-state index contributed by atoms with van der Waals surface area (Å²) in [5.74, 6) is 0.384. The second-order valence-corrected chi connectivity index (χ2v) is 8.02. The first-order valence-corrected chi connectivity index (χ1v) is 10.5. The maximum absolute atomic E-state index is 14.7.